The largest absolute Gasteiger partial charge is 0.356 e. The number of nitrogens with two attached hydrogens (primary N) is 1. The minimum atomic E-state index is 0.224. The molecule has 1 aliphatic rings. The van der Waals surface area contributed by atoms with Gasteiger partial charge in [0, 0.05) is 13.0 Å². The molecular formula is C10H20N2O. The highest BCUT2D eigenvalue weighted by atomic mass is 16.1. The zero-order valence-electron chi connectivity index (χ0n) is 8.22. The first-order valence-electron chi connectivity index (χ1n) is 5.29. The topological polar surface area (TPSA) is 55.1 Å². The van der Waals surface area contributed by atoms with Crippen LogP contribution in [0.5, 0.6) is 0 Å². The highest BCUT2D eigenvalue weighted by Crippen LogP contribution is 2.28. The Balaban J connectivity index is 1.91. The van der Waals surface area contributed by atoms with Gasteiger partial charge >= 0.3 is 0 Å². The molecule has 0 aromatic heterocycles. The number of hydrogen-bond donors (Lipinski definition) is 2. The smallest absolute Gasteiger partial charge is 0.220 e. The molecule has 3 heteroatoms. The highest BCUT2D eigenvalue weighted by molar-refractivity contribution is 5.76. The van der Waals surface area contributed by atoms with Crippen molar-refractivity contribution in [2.75, 3.05) is 13.1 Å². The predicted molar refractivity (Wildman–Crippen MR) is 53.3 cm³/mol. The average Bonchev–Trinajstić information content (AvgIpc) is 2.06. The third kappa shape index (κ3) is 4.27. The minimum absolute atomic E-state index is 0.224. The number of carbonyl (C=O) groups excluding carboxylic acids is 1. The van der Waals surface area contributed by atoms with E-state index in [1.807, 2.05) is 0 Å². The Labute approximate surface area is 80.1 Å². The lowest BCUT2D eigenvalue weighted by Crippen LogP contribution is -2.28. The van der Waals surface area contributed by atoms with Crippen LogP contribution in [0.1, 0.15) is 38.5 Å². The van der Waals surface area contributed by atoms with Crippen molar-refractivity contribution in [1.82, 2.24) is 5.32 Å². The van der Waals surface area contributed by atoms with Gasteiger partial charge in [-0.25, -0.2) is 0 Å². The predicted octanol–water partition coefficient (Wildman–Crippen LogP) is 1.03. The Morgan fingerprint density at radius 3 is 2.69 bits per heavy atom. The van der Waals surface area contributed by atoms with Crippen LogP contribution in [0.25, 0.3) is 0 Å². The van der Waals surface area contributed by atoms with Gasteiger partial charge in [0.1, 0.15) is 0 Å². The first-order chi connectivity index (χ1) is 6.33. The Morgan fingerprint density at radius 2 is 2.15 bits per heavy atom. The number of hydrogen-bond acceptors (Lipinski definition) is 2. The maximum atomic E-state index is 11.3. The quantitative estimate of drug-likeness (QED) is 0.606. The van der Waals surface area contributed by atoms with Crippen LogP contribution in [-0.2, 0) is 4.79 Å². The standard InChI is InChI=1S/C10H20N2O/c11-6-1-2-7-12-10(13)8-9-4-3-5-9/h9H,1-8,11H2,(H,12,13). The second-order valence-electron chi connectivity index (χ2n) is 3.85. The molecule has 1 amide bonds. The van der Waals surface area contributed by atoms with Crippen LogP contribution in [0, 0.1) is 5.92 Å². The van der Waals surface area contributed by atoms with E-state index in [2.05, 4.69) is 5.32 Å². The third-order valence-corrected chi connectivity index (χ3v) is 2.65. The van der Waals surface area contributed by atoms with E-state index < -0.39 is 0 Å². The van der Waals surface area contributed by atoms with Crippen LogP contribution < -0.4 is 11.1 Å². The van der Waals surface area contributed by atoms with Crippen LogP contribution in [0.2, 0.25) is 0 Å². The minimum Gasteiger partial charge on any atom is -0.356 e. The summed E-state index contributed by atoms with van der Waals surface area (Å²) in [7, 11) is 0. The van der Waals surface area contributed by atoms with Gasteiger partial charge in [-0.2, -0.15) is 0 Å². The van der Waals surface area contributed by atoms with Crippen LogP contribution in [-0.4, -0.2) is 19.0 Å². The van der Waals surface area contributed by atoms with Crippen molar-refractivity contribution >= 4 is 5.91 Å². The lowest BCUT2D eigenvalue weighted by atomic mass is 9.83. The summed E-state index contributed by atoms with van der Waals surface area (Å²) in [6, 6.07) is 0. The van der Waals surface area contributed by atoms with E-state index in [4.69, 9.17) is 5.73 Å². The lowest BCUT2D eigenvalue weighted by molar-refractivity contribution is -0.122. The van der Waals surface area contributed by atoms with E-state index in [1.54, 1.807) is 0 Å². The number of amides is 1. The maximum Gasteiger partial charge on any atom is 0.220 e. The Hall–Kier alpha value is -0.570. The van der Waals surface area contributed by atoms with Crippen molar-refractivity contribution in [3.8, 4) is 0 Å². The Morgan fingerprint density at radius 1 is 1.38 bits per heavy atom. The molecule has 0 spiro atoms. The van der Waals surface area contributed by atoms with Crippen molar-refractivity contribution in [2.24, 2.45) is 11.7 Å². The van der Waals surface area contributed by atoms with Gasteiger partial charge < -0.3 is 11.1 Å². The van der Waals surface area contributed by atoms with Gasteiger partial charge in [-0.15, -0.1) is 0 Å². The van der Waals surface area contributed by atoms with Gasteiger partial charge in [0.2, 0.25) is 5.91 Å². The van der Waals surface area contributed by atoms with E-state index in [1.165, 1.54) is 19.3 Å². The molecule has 0 bridgehead atoms. The molecule has 0 heterocycles. The van der Waals surface area contributed by atoms with E-state index in [-0.39, 0.29) is 5.91 Å². The first kappa shape index (κ1) is 10.5. The highest BCUT2D eigenvalue weighted by Gasteiger charge is 2.19. The lowest BCUT2D eigenvalue weighted by Gasteiger charge is -2.24. The molecule has 1 rings (SSSR count). The summed E-state index contributed by atoms with van der Waals surface area (Å²) in [4.78, 5) is 11.3. The summed E-state index contributed by atoms with van der Waals surface area (Å²) in [5.74, 6) is 0.899. The molecule has 0 aromatic rings. The summed E-state index contributed by atoms with van der Waals surface area (Å²) in [5.41, 5.74) is 5.34. The molecule has 1 aliphatic carbocycles. The van der Waals surface area contributed by atoms with Gasteiger partial charge in [-0.05, 0) is 38.1 Å². The van der Waals surface area contributed by atoms with Crippen LogP contribution in [0.15, 0.2) is 0 Å². The van der Waals surface area contributed by atoms with Crippen molar-refractivity contribution in [3.05, 3.63) is 0 Å². The molecule has 1 fully saturated rings. The van der Waals surface area contributed by atoms with Crippen LogP contribution >= 0.6 is 0 Å². The Bertz CT molecular complexity index is 155. The van der Waals surface area contributed by atoms with Crippen LogP contribution in [0.4, 0.5) is 0 Å². The summed E-state index contributed by atoms with van der Waals surface area (Å²) in [5, 5.41) is 2.92. The van der Waals surface area contributed by atoms with Crippen molar-refractivity contribution in [1.29, 1.82) is 0 Å². The third-order valence-electron chi connectivity index (χ3n) is 2.65. The molecule has 0 atom stereocenters. The zero-order valence-corrected chi connectivity index (χ0v) is 8.22. The van der Waals surface area contributed by atoms with Gasteiger partial charge in [0.05, 0.1) is 0 Å². The molecule has 1 saturated carbocycles. The fourth-order valence-corrected chi connectivity index (χ4v) is 1.53. The van der Waals surface area contributed by atoms with E-state index in [0.29, 0.717) is 5.92 Å². The van der Waals surface area contributed by atoms with E-state index >= 15 is 0 Å². The fourth-order valence-electron chi connectivity index (χ4n) is 1.53. The van der Waals surface area contributed by atoms with Gasteiger partial charge in [-0.1, -0.05) is 6.42 Å². The van der Waals surface area contributed by atoms with Gasteiger partial charge in [0.25, 0.3) is 0 Å². The molecule has 0 saturated heterocycles. The molecule has 0 unspecified atom stereocenters. The number of rotatable bonds is 6. The van der Waals surface area contributed by atoms with Crippen molar-refractivity contribution in [2.45, 2.75) is 38.5 Å². The summed E-state index contributed by atoms with van der Waals surface area (Å²) in [6.07, 6.45) is 6.55. The molecule has 3 N–H and O–H groups in total. The second-order valence-corrected chi connectivity index (χ2v) is 3.85. The molecule has 76 valence electrons. The Kier molecular flexibility index (Phi) is 4.83. The second kappa shape index (κ2) is 5.97. The number of unbranched alkanes of at least 4 members (excludes halogenated alkanes) is 1. The molecule has 13 heavy (non-hydrogen) atoms. The van der Waals surface area contributed by atoms with E-state index in [0.717, 1.165) is 32.4 Å². The average molecular weight is 184 g/mol. The first-order valence-corrected chi connectivity index (χ1v) is 5.29. The van der Waals surface area contributed by atoms with Crippen molar-refractivity contribution in [3.63, 3.8) is 0 Å². The monoisotopic (exact) mass is 184 g/mol. The van der Waals surface area contributed by atoms with Gasteiger partial charge in [0.15, 0.2) is 0 Å². The maximum absolute atomic E-state index is 11.3. The molecule has 3 nitrogen and oxygen atoms in total. The molecular weight excluding hydrogens is 164 g/mol. The number of nitrogens with one attached hydrogen (secondary N) is 1. The summed E-state index contributed by atoms with van der Waals surface area (Å²) in [6.45, 7) is 1.52. The van der Waals surface area contributed by atoms with Crippen LogP contribution in [0.3, 0.4) is 0 Å². The summed E-state index contributed by atoms with van der Waals surface area (Å²) >= 11 is 0. The zero-order chi connectivity index (χ0) is 9.52. The summed E-state index contributed by atoms with van der Waals surface area (Å²) < 4.78 is 0. The number of carbonyl (C=O) groups is 1. The van der Waals surface area contributed by atoms with E-state index in [9.17, 15) is 4.79 Å². The SMILES string of the molecule is NCCCCNC(=O)CC1CCC1. The van der Waals surface area contributed by atoms with Gasteiger partial charge in [-0.3, -0.25) is 4.79 Å². The fraction of sp³-hybridized carbons (Fsp3) is 0.900. The molecule has 0 aliphatic heterocycles. The normalized spacial score (nSPS) is 16.7. The molecule has 0 aromatic carbocycles. The van der Waals surface area contributed by atoms with Crippen molar-refractivity contribution < 1.29 is 4.79 Å². The molecule has 0 radical (unpaired) electrons.